The van der Waals surface area contributed by atoms with Crippen LogP contribution in [0, 0.1) is 5.82 Å². The van der Waals surface area contributed by atoms with Gasteiger partial charge in [-0.1, -0.05) is 6.92 Å². The third kappa shape index (κ3) is 2.40. The van der Waals surface area contributed by atoms with Gasteiger partial charge in [0.1, 0.15) is 5.82 Å². The second-order valence-electron chi connectivity index (χ2n) is 4.24. The monoisotopic (exact) mass is 221 g/mol. The van der Waals surface area contributed by atoms with Crippen molar-refractivity contribution in [2.45, 2.75) is 32.2 Å². The van der Waals surface area contributed by atoms with Gasteiger partial charge < -0.3 is 4.90 Å². The molecule has 2 rings (SSSR count). The van der Waals surface area contributed by atoms with Gasteiger partial charge >= 0.3 is 0 Å². The molecule has 0 atom stereocenters. The predicted octanol–water partition coefficient (Wildman–Crippen LogP) is 2.84. The van der Waals surface area contributed by atoms with Gasteiger partial charge in [0.2, 0.25) is 0 Å². The van der Waals surface area contributed by atoms with Crippen LogP contribution in [-0.4, -0.2) is 23.4 Å². The third-order valence-electron chi connectivity index (χ3n) is 2.80. The summed E-state index contributed by atoms with van der Waals surface area (Å²) in [6.45, 7) is 2.86. The van der Waals surface area contributed by atoms with Crippen molar-refractivity contribution in [2.24, 2.45) is 0 Å². The van der Waals surface area contributed by atoms with Crippen molar-refractivity contribution in [3.63, 3.8) is 0 Å². The van der Waals surface area contributed by atoms with Crippen LogP contribution >= 0.6 is 0 Å². The maximum atomic E-state index is 12.7. The second-order valence-corrected chi connectivity index (χ2v) is 4.24. The molecular formula is C13H16FNO. The Labute approximate surface area is 95.1 Å². The third-order valence-corrected chi connectivity index (χ3v) is 2.80. The second kappa shape index (κ2) is 4.64. The topological polar surface area (TPSA) is 20.3 Å². The van der Waals surface area contributed by atoms with Crippen LogP contribution in [0.3, 0.4) is 0 Å². The molecule has 0 aromatic heterocycles. The number of carbonyl (C=O) groups is 1. The Morgan fingerprint density at radius 3 is 2.50 bits per heavy atom. The van der Waals surface area contributed by atoms with E-state index in [1.54, 1.807) is 12.1 Å². The van der Waals surface area contributed by atoms with Crippen molar-refractivity contribution in [2.75, 3.05) is 6.54 Å². The Bertz CT molecular complexity index is 370. The van der Waals surface area contributed by atoms with E-state index in [4.69, 9.17) is 0 Å². The Balaban J connectivity index is 2.12. The van der Waals surface area contributed by atoms with Crippen LogP contribution in [-0.2, 0) is 0 Å². The summed E-state index contributed by atoms with van der Waals surface area (Å²) in [7, 11) is 0. The molecule has 1 aliphatic rings. The normalized spacial score (nSPS) is 14.9. The molecule has 86 valence electrons. The molecule has 1 aliphatic carbocycles. The van der Waals surface area contributed by atoms with Crippen LogP contribution in [0.2, 0.25) is 0 Å². The molecule has 0 radical (unpaired) electrons. The number of nitrogens with zero attached hydrogens (tertiary/aromatic N) is 1. The average Bonchev–Trinajstić information content (AvgIpc) is 3.10. The summed E-state index contributed by atoms with van der Waals surface area (Å²) in [5.74, 6) is -0.269. The zero-order valence-corrected chi connectivity index (χ0v) is 9.45. The molecule has 1 fully saturated rings. The maximum absolute atomic E-state index is 12.7. The van der Waals surface area contributed by atoms with E-state index in [2.05, 4.69) is 6.92 Å². The summed E-state index contributed by atoms with van der Waals surface area (Å²) in [6, 6.07) is 6.21. The van der Waals surface area contributed by atoms with E-state index < -0.39 is 0 Å². The number of halogens is 1. The highest BCUT2D eigenvalue weighted by atomic mass is 19.1. The lowest BCUT2D eigenvalue weighted by atomic mass is 10.2. The van der Waals surface area contributed by atoms with Gasteiger partial charge in [-0.3, -0.25) is 4.79 Å². The Morgan fingerprint density at radius 1 is 1.38 bits per heavy atom. The molecule has 3 heteroatoms. The number of benzene rings is 1. The first-order chi connectivity index (χ1) is 7.72. The summed E-state index contributed by atoms with van der Waals surface area (Å²) in [5.41, 5.74) is 0.585. The van der Waals surface area contributed by atoms with Gasteiger partial charge in [-0.2, -0.15) is 0 Å². The van der Waals surface area contributed by atoms with Gasteiger partial charge in [0.05, 0.1) is 0 Å². The maximum Gasteiger partial charge on any atom is 0.254 e. The molecule has 0 unspecified atom stereocenters. The fourth-order valence-corrected chi connectivity index (χ4v) is 1.84. The van der Waals surface area contributed by atoms with Crippen molar-refractivity contribution in [3.8, 4) is 0 Å². The first kappa shape index (κ1) is 11.1. The van der Waals surface area contributed by atoms with E-state index in [0.717, 1.165) is 25.8 Å². The Hall–Kier alpha value is -1.38. The predicted molar refractivity (Wildman–Crippen MR) is 60.7 cm³/mol. The van der Waals surface area contributed by atoms with Crippen molar-refractivity contribution in [1.82, 2.24) is 4.90 Å². The fourth-order valence-electron chi connectivity index (χ4n) is 1.84. The number of rotatable bonds is 4. The highest BCUT2D eigenvalue weighted by molar-refractivity contribution is 5.94. The molecule has 1 amide bonds. The number of carbonyl (C=O) groups excluding carboxylic acids is 1. The number of hydrogen-bond acceptors (Lipinski definition) is 1. The van der Waals surface area contributed by atoms with Gasteiger partial charge in [-0.15, -0.1) is 0 Å². The lowest BCUT2D eigenvalue weighted by Crippen LogP contribution is -2.33. The fraction of sp³-hybridized carbons (Fsp3) is 0.462. The van der Waals surface area contributed by atoms with E-state index in [1.165, 1.54) is 12.1 Å². The molecule has 2 nitrogen and oxygen atoms in total. The smallest absolute Gasteiger partial charge is 0.254 e. The van der Waals surface area contributed by atoms with Gasteiger partial charge in [0, 0.05) is 18.2 Å². The average molecular weight is 221 g/mol. The lowest BCUT2D eigenvalue weighted by molar-refractivity contribution is 0.0743. The van der Waals surface area contributed by atoms with E-state index >= 15 is 0 Å². The lowest BCUT2D eigenvalue weighted by Gasteiger charge is -2.21. The van der Waals surface area contributed by atoms with Crippen LogP contribution in [0.15, 0.2) is 24.3 Å². The largest absolute Gasteiger partial charge is 0.336 e. The van der Waals surface area contributed by atoms with Crippen LogP contribution in [0.1, 0.15) is 36.5 Å². The molecule has 0 bridgehead atoms. The SMILES string of the molecule is CCCN(C(=O)c1ccc(F)cc1)C1CC1. The zero-order valence-electron chi connectivity index (χ0n) is 9.45. The molecular weight excluding hydrogens is 205 g/mol. The molecule has 0 N–H and O–H groups in total. The summed E-state index contributed by atoms with van der Waals surface area (Å²) < 4.78 is 12.7. The molecule has 16 heavy (non-hydrogen) atoms. The van der Waals surface area contributed by atoms with Gasteiger partial charge in [0.25, 0.3) is 5.91 Å². The highest BCUT2D eigenvalue weighted by Crippen LogP contribution is 2.28. The standard InChI is InChI=1S/C13H16FNO/c1-2-9-15(12-7-8-12)13(16)10-3-5-11(14)6-4-10/h3-6,12H,2,7-9H2,1H3. The Morgan fingerprint density at radius 2 is 2.00 bits per heavy atom. The van der Waals surface area contributed by atoms with E-state index in [9.17, 15) is 9.18 Å². The van der Waals surface area contributed by atoms with Gasteiger partial charge in [0.15, 0.2) is 0 Å². The minimum atomic E-state index is -0.301. The minimum absolute atomic E-state index is 0.0318. The van der Waals surface area contributed by atoms with Gasteiger partial charge in [-0.05, 0) is 43.5 Å². The molecule has 1 aromatic carbocycles. The van der Waals surface area contributed by atoms with Crippen LogP contribution in [0.25, 0.3) is 0 Å². The summed E-state index contributed by atoms with van der Waals surface area (Å²) in [6.07, 6.45) is 3.17. The van der Waals surface area contributed by atoms with Crippen molar-refractivity contribution in [3.05, 3.63) is 35.6 Å². The van der Waals surface area contributed by atoms with E-state index in [-0.39, 0.29) is 11.7 Å². The molecule has 0 heterocycles. The number of hydrogen-bond donors (Lipinski definition) is 0. The molecule has 1 aromatic rings. The van der Waals surface area contributed by atoms with Crippen LogP contribution < -0.4 is 0 Å². The van der Waals surface area contributed by atoms with E-state index in [0.29, 0.717) is 11.6 Å². The molecule has 1 saturated carbocycles. The Kier molecular flexibility index (Phi) is 3.22. The molecule has 0 aliphatic heterocycles. The summed E-state index contributed by atoms with van der Waals surface area (Å²) in [4.78, 5) is 14.0. The van der Waals surface area contributed by atoms with Crippen molar-refractivity contribution >= 4 is 5.91 Å². The van der Waals surface area contributed by atoms with Crippen LogP contribution in [0.5, 0.6) is 0 Å². The molecule has 0 spiro atoms. The first-order valence-corrected chi connectivity index (χ1v) is 5.79. The van der Waals surface area contributed by atoms with Gasteiger partial charge in [-0.25, -0.2) is 4.39 Å². The van der Waals surface area contributed by atoms with Crippen LogP contribution in [0.4, 0.5) is 4.39 Å². The minimum Gasteiger partial charge on any atom is -0.336 e. The van der Waals surface area contributed by atoms with Crippen molar-refractivity contribution < 1.29 is 9.18 Å². The summed E-state index contributed by atoms with van der Waals surface area (Å²) >= 11 is 0. The first-order valence-electron chi connectivity index (χ1n) is 5.79. The quantitative estimate of drug-likeness (QED) is 0.765. The molecule has 0 saturated heterocycles. The van der Waals surface area contributed by atoms with Crippen molar-refractivity contribution in [1.29, 1.82) is 0 Å². The highest BCUT2D eigenvalue weighted by Gasteiger charge is 2.32. The zero-order chi connectivity index (χ0) is 11.5. The number of amides is 1. The van der Waals surface area contributed by atoms with E-state index in [1.807, 2.05) is 4.90 Å². The summed E-state index contributed by atoms with van der Waals surface area (Å²) in [5, 5.41) is 0.